The van der Waals surface area contributed by atoms with Gasteiger partial charge in [-0.25, -0.2) is 0 Å². The number of likely N-dealkylation sites (tertiary alicyclic amines) is 1. The van der Waals surface area contributed by atoms with Crippen molar-refractivity contribution in [3.63, 3.8) is 0 Å². The highest BCUT2D eigenvalue weighted by Gasteiger charge is 2.51. The first kappa shape index (κ1) is 21.4. The van der Waals surface area contributed by atoms with E-state index in [9.17, 15) is 14.7 Å². The Morgan fingerprint density at radius 3 is 2.53 bits per heavy atom. The summed E-state index contributed by atoms with van der Waals surface area (Å²) in [6.45, 7) is 0.623. The fourth-order valence-electron chi connectivity index (χ4n) is 6.76. The summed E-state index contributed by atoms with van der Waals surface area (Å²) >= 11 is 0. The number of carbonyl (C=O) groups excluding carboxylic acids is 2. The minimum atomic E-state index is -0.843. The number of piperidine rings is 1. The van der Waals surface area contributed by atoms with Crippen molar-refractivity contribution in [3.05, 3.63) is 71.3 Å². The molecule has 2 aromatic rings. The third-order valence-electron chi connectivity index (χ3n) is 8.38. The van der Waals surface area contributed by atoms with Gasteiger partial charge in [0.05, 0.1) is 5.60 Å². The SMILES string of the molecule is O=Cc1ccccc1C1CCC(C(=O)N2CC[C@](O)(c3ccccc3)[C@H]3CCCCC32)C1. The molecule has 1 N–H and O–H groups in total. The molecule has 1 saturated heterocycles. The average Bonchev–Trinajstić information content (AvgIpc) is 3.35. The standard InChI is InChI=1S/C28H33NO3/c30-19-22-8-4-5-11-24(22)20-14-15-21(18-20)27(31)29-17-16-28(32,23-9-2-1-3-10-23)25-12-6-7-13-26(25)29/h1-5,8-11,19-21,25-26,32H,6-7,12-18H2/t20?,21?,25-,26?,28-/m0/s1. The van der Waals surface area contributed by atoms with Crippen LogP contribution in [0.4, 0.5) is 0 Å². The zero-order valence-corrected chi connectivity index (χ0v) is 18.7. The summed E-state index contributed by atoms with van der Waals surface area (Å²) in [6.07, 6.45) is 8.39. The van der Waals surface area contributed by atoms with E-state index < -0.39 is 5.60 Å². The normalized spacial score (nSPS) is 32.3. The van der Waals surface area contributed by atoms with Gasteiger partial charge >= 0.3 is 0 Å². The van der Waals surface area contributed by atoms with Crippen LogP contribution in [0.15, 0.2) is 54.6 Å². The lowest BCUT2D eigenvalue weighted by Gasteiger charge is -2.53. The quantitative estimate of drug-likeness (QED) is 0.688. The van der Waals surface area contributed by atoms with Crippen molar-refractivity contribution in [2.45, 2.75) is 68.9 Å². The molecule has 5 atom stereocenters. The Labute approximate surface area is 190 Å². The molecule has 1 heterocycles. The molecule has 4 nitrogen and oxygen atoms in total. The first-order valence-electron chi connectivity index (χ1n) is 12.2. The topological polar surface area (TPSA) is 57.6 Å². The molecule has 3 fully saturated rings. The third-order valence-corrected chi connectivity index (χ3v) is 8.38. The number of rotatable bonds is 4. The Bertz CT molecular complexity index is 974. The van der Waals surface area contributed by atoms with Gasteiger partial charge < -0.3 is 10.0 Å². The van der Waals surface area contributed by atoms with Crippen molar-refractivity contribution in [1.82, 2.24) is 4.90 Å². The van der Waals surface area contributed by atoms with Crippen LogP contribution in [0.1, 0.15) is 78.8 Å². The molecule has 2 aliphatic carbocycles. The number of nitrogens with zero attached hydrogens (tertiary/aromatic N) is 1. The van der Waals surface area contributed by atoms with Gasteiger partial charge in [-0.3, -0.25) is 9.59 Å². The van der Waals surface area contributed by atoms with Gasteiger partial charge in [-0.1, -0.05) is 67.4 Å². The molecule has 32 heavy (non-hydrogen) atoms. The van der Waals surface area contributed by atoms with Crippen LogP contribution in [-0.4, -0.2) is 34.8 Å². The lowest BCUT2D eigenvalue weighted by atomic mass is 9.66. The predicted octanol–water partition coefficient (Wildman–Crippen LogP) is 5.06. The summed E-state index contributed by atoms with van der Waals surface area (Å²) in [5.41, 5.74) is 1.99. The molecule has 2 aromatic carbocycles. The maximum Gasteiger partial charge on any atom is 0.225 e. The molecule has 0 bridgehead atoms. The van der Waals surface area contributed by atoms with Gasteiger partial charge in [0.2, 0.25) is 5.91 Å². The molecule has 3 aliphatic rings. The van der Waals surface area contributed by atoms with Crippen LogP contribution < -0.4 is 0 Å². The van der Waals surface area contributed by atoms with Gasteiger partial charge in [-0.2, -0.15) is 0 Å². The van der Waals surface area contributed by atoms with Crippen molar-refractivity contribution in [2.24, 2.45) is 11.8 Å². The van der Waals surface area contributed by atoms with Crippen LogP contribution in [-0.2, 0) is 10.4 Å². The zero-order valence-electron chi connectivity index (χ0n) is 18.7. The van der Waals surface area contributed by atoms with E-state index >= 15 is 0 Å². The molecule has 4 heteroatoms. The molecule has 0 spiro atoms. The highest BCUT2D eigenvalue weighted by atomic mass is 16.3. The Hall–Kier alpha value is -2.46. The monoisotopic (exact) mass is 431 g/mol. The predicted molar refractivity (Wildman–Crippen MR) is 124 cm³/mol. The molecular formula is C28H33NO3. The molecular weight excluding hydrogens is 398 g/mol. The molecule has 5 rings (SSSR count). The van der Waals surface area contributed by atoms with Gasteiger partial charge in [0.1, 0.15) is 6.29 Å². The minimum absolute atomic E-state index is 0.0187. The maximum absolute atomic E-state index is 13.7. The van der Waals surface area contributed by atoms with E-state index in [0.29, 0.717) is 13.0 Å². The van der Waals surface area contributed by atoms with E-state index in [1.165, 1.54) is 0 Å². The smallest absolute Gasteiger partial charge is 0.225 e. The van der Waals surface area contributed by atoms with E-state index in [-0.39, 0.29) is 29.7 Å². The number of carbonyl (C=O) groups is 2. The number of fused-ring (bicyclic) bond motifs is 1. The highest BCUT2D eigenvalue weighted by Crippen LogP contribution is 2.48. The Kier molecular flexibility index (Phi) is 5.90. The summed E-state index contributed by atoms with van der Waals surface area (Å²) in [7, 11) is 0. The number of hydrogen-bond donors (Lipinski definition) is 1. The van der Waals surface area contributed by atoms with Gasteiger partial charge in [0.25, 0.3) is 0 Å². The first-order valence-corrected chi connectivity index (χ1v) is 12.2. The van der Waals surface area contributed by atoms with Crippen molar-refractivity contribution < 1.29 is 14.7 Å². The van der Waals surface area contributed by atoms with Gasteiger partial charge in [0, 0.05) is 30.0 Å². The first-order chi connectivity index (χ1) is 15.6. The number of aldehydes is 1. The summed E-state index contributed by atoms with van der Waals surface area (Å²) in [4.78, 5) is 27.3. The Morgan fingerprint density at radius 1 is 0.969 bits per heavy atom. The fraction of sp³-hybridized carbons (Fsp3) is 0.500. The summed E-state index contributed by atoms with van der Waals surface area (Å²) in [5, 5.41) is 11.8. The summed E-state index contributed by atoms with van der Waals surface area (Å²) in [5.74, 6) is 0.663. The fourth-order valence-corrected chi connectivity index (χ4v) is 6.76. The highest BCUT2D eigenvalue weighted by molar-refractivity contribution is 5.81. The van der Waals surface area contributed by atoms with E-state index in [4.69, 9.17) is 0 Å². The molecule has 0 radical (unpaired) electrons. The maximum atomic E-state index is 13.7. The van der Waals surface area contributed by atoms with Crippen molar-refractivity contribution in [2.75, 3.05) is 6.54 Å². The van der Waals surface area contributed by atoms with E-state index in [1.54, 1.807) is 0 Å². The van der Waals surface area contributed by atoms with Crippen molar-refractivity contribution in [3.8, 4) is 0 Å². The lowest BCUT2D eigenvalue weighted by molar-refractivity contribution is -0.158. The average molecular weight is 432 g/mol. The number of hydrogen-bond acceptors (Lipinski definition) is 3. The van der Waals surface area contributed by atoms with Crippen LogP contribution in [0.3, 0.4) is 0 Å². The van der Waals surface area contributed by atoms with Gasteiger partial charge in [-0.15, -0.1) is 0 Å². The van der Waals surface area contributed by atoms with Crippen LogP contribution in [0.5, 0.6) is 0 Å². The van der Waals surface area contributed by atoms with Crippen molar-refractivity contribution >= 4 is 12.2 Å². The van der Waals surface area contributed by atoms with Gasteiger partial charge in [0.15, 0.2) is 0 Å². The Balaban J connectivity index is 1.34. The minimum Gasteiger partial charge on any atom is -0.385 e. The van der Waals surface area contributed by atoms with E-state index in [0.717, 1.165) is 67.9 Å². The summed E-state index contributed by atoms with van der Waals surface area (Å²) in [6, 6.07) is 18.0. The van der Waals surface area contributed by atoms with Crippen LogP contribution in [0.2, 0.25) is 0 Å². The molecule has 168 valence electrons. The second kappa shape index (κ2) is 8.82. The van der Waals surface area contributed by atoms with E-state index in [2.05, 4.69) is 4.90 Å². The number of benzene rings is 2. The molecule has 1 aliphatic heterocycles. The van der Waals surface area contributed by atoms with Gasteiger partial charge in [-0.05, 0) is 55.6 Å². The number of amides is 1. The summed E-state index contributed by atoms with van der Waals surface area (Å²) < 4.78 is 0. The lowest BCUT2D eigenvalue weighted by Crippen LogP contribution is -2.59. The molecule has 3 unspecified atom stereocenters. The van der Waals surface area contributed by atoms with Crippen molar-refractivity contribution in [1.29, 1.82) is 0 Å². The van der Waals surface area contributed by atoms with Crippen LogP contribution in [0.25, 0.3) is 0 Å². The third kappa shape index (κ3) is 3.69. The van der Waals surface area contributed by atoms with E-state index in [1.807, 2.05) is 54.6 Å². The van der Waals surface area contributed by atoms with Crippen LogP contribution in [0, 0.1) is 11.8 Å². The number of aliphatic hydroxyl groups is 1. The molecule has 0 aromatic heterocycles. The zero-order chi connectivity index (χ0) is 22.1. The second-order valence-electron chi connectivity index (χ2n) is 9.98. The second-order valence-corrected chi connectivity index (χ2v) is 9.98. The Morgan fingerprint density at radius 2 is 1.72 bits per heavy atom. The van der Waals surface area contributed by atoms with Crippen LogP contribution >= 0.6 is 0 Å². The molecule has 2 saturated carbocycles. The largest absolute Gasteiger partial charge is 0.385 e. The molecule has 1 amide bonds.